The second kappa shape index (κ2) is 7.69. The zero-order chi connectivity index (χ0) is 20.4. The minimum atomic E-state index is -1.08. The van der Waals surface area contributed by atoms with Crippen molar-refractivity contribution in [3.05, 3.63) is 57.8 Å². The van der Waals surface area contributed by atoms with Crippen molar-refractivity contribution in [2.45, 2.75) is 39.7 Å². The topological polar surface area (TPSA) is 101 Å². The summed E-state index contributed by atoms with van der Waals surface area (Å²) in [5, 5.41) is 15.8. The summed E-state index contributed by atoms with van der Waals surface area (Å²) in [4.78, 5) is 36.1. The molecular formula is C19H22FN3O4. The van der Waals surface area contributed by atoms with Gasteiger partial charge in [-0.15, -0.1) is 0 Å². The maximum Gasteiger partial charge on any atom is 0.305 e. The number of halogens is 1. The third-order valence-electron chi connectivity index (χ3n) is 4.59. The number of amides is 1. The molecular weight excluding hydrogens is 353 g/mol. The summed E-state index contributed by atoms with van der Waals surface area (Å²) >= 11 is 0. The van der Waals surface area contributed by atoms with Crippen molar-refractivity contribution in [2.24, 2.45) is 5.92 Å². The van der Waals surface area contributed by atoms with Gasteiger partial charge in [-0.05, 0) is 31.9 Å². The fourth-order valence-corrected chi connectivity index (χ4v) is 2.60. The summed E-state index contributed by atoms with van der Waals surface area (Å²) in [7, 11) is 0. The predicted octanol–water partition coefficient (Wildman–Crippen LogP) is 2.30. The largest absolute Gasteiger partial charge is 0.481 e. The van der Waals surface area contributed by atoms with E-state index >= 15 is 0 Å². The third kappa shape index (κ3) is 4.39. The van der Waals surface area contributed by atoms with Crippen LogP contribution in [0.3, 0.4) is 0 Å². The smallest absolute Gasteiger partial charge is 0.305 e. The van der Waals surface area contributed by atoms with Crippen LogP contribution in [0.25, 0.3) is 5.69 Å². The summed E-state index contributed by atoms with van der Waals surface area (Å²) in [5.41, 5.74) is -1.68. The molecule has 27 heavy (non-hydrogen) atoms. The number of aliphatic carboxylic acids is 1. The monoisotopic (exact) mass is 375 g/mol. The van der Waals surface area contributed by atoms with Crippen molar-refractivity contribution >= 4 is 11.9 Å². The Morgan fingerprint density at radius 3 is 2.52 bits per heavy atom. The lowest BCUT2D eigenvalue weighted by Gasteiger charge is -2.33. The zero-order valence-electron chi connectivity index (χ0n) is 15.6. The van der Waals surface area contributed by atoms with Gasteiger partial charge in [0.15, 0.2) is 5.69 Å². The van der Waals surface area contributed by atoms with Gasteiger partial charge in [-0.25, -0.2) is 9.07 Å². The Morgan fingerprint density at radius 1 is 1.33 bits per heavy atom. The molecule has 2 rings (SSSR count). The first kappa shape index (κ1) is 20.3. The van der Waals surface area contributed by atoms with Crippen molar-refractivity contribution in [3.63, 3.8) is 0 Å². The molecule has 1 atom stereocenters. The average molecular weight is 375 g/mol. The standard InChI is InChI=1S/C19H22FN3O4/c1-11(2)19(4,10-16(25)26)21-18(27)17-15(24)9-12(3)23(22-17)14-8-6-5-7-13(14)20/h5-9,11H,10H2,1-4H3,(H,21,27)(H,25,26). The minimum absolute atomic E-state index is 0.0983. The van der Waals surface area contributed by atoms with E-state index in [-0.39, 0.29) is 18.0 Å². The Labute approximate surface area is 155 Å². The van der Waals surface area contributed by atoms with Crippen molar-refractivity contribution in [3.8, 4) is 5.69 Å². The van der Waals surface area contributed by atoms with Gasteiger partial charge in [0, 0.05) is 11.8 Å². The fraction of sp³-hybridized carbons (Fsp3) is 0.368. The van der Waals surface area contributed by atoms with E-state index in [1.807, 2.05) is 0 Å². The summed E-state index contributed by atoms with van der Waals surface area (Å²) < 4.78 is 15.3. The average Bonchev–Trinajstić information content (AvgIpc) is 2.54. The second-order valence-corrected chi connectivity index (χ2v) is 6.96. The van der Waals surface area contributed by atoms with Gasteiger partial charge in [-0.2, -0.15) is 5.10 Å². The second-order valence-electron chi connectivity index (χ2n) is 6.96. The zero-order valence-corrected chi connectivity index (χ0v) is 15.6. The van der Waals surface area contributed by atoms with Crippen LogP contribution in [0.5, 0.6) is 0 Å². The maximum absolute atomic E-state index is 14.1. The number of nitrogens with one attached hydrogen (secondary N) is 1. The number of carbonyl (C=O) groups is 2. The summed E-state index contributed by atoms with van der Waals surface area (Å²) in [6.07, 6.45) is -0.316. The molecule has 0 aliphatic rings. The lowest BCUT2D eigenvalue weighted by Crippen LogP contribution is -2.52. The number of carbonyl (C=O) groups excluding carboxylic acids is 1. The highest BCUT2D eigenvalue weighted by Crippen LogP contribution is 2.21. The van der Waals surface area contributed by atoms with Crippen LogP contribution in [0.2, 0.25) is 0 Å². The van der Waals surface area contributed by atoms with Crippen LogP contribution in [-0.4, -0.2) is 32.3 Å². The molecule has 0 aliphatic heterocycles. The molecule has 2 N–H and O–H groups in total. The Hall–Kier alpha value is -3.03. The first-order valence-electron chi connectivity index (χ1n) is 8.45. The first-order valence-corrected chi connectivity index (χ1v) is 8.45. The molecule has 0 saturated carbocycles. The molecule has 0 saturated heterocycles. The van der Waals surface area contributed by atoms with Gasteiger partial charge < -0.3 is 10.4 Å². The Kier molecular flexibility index (Phi) is 5.78. The van der Waals surface area contributed by atoms with Crippen LogP contribution in [0.15, 0.2) is 35.1 Å². The summed E-state index contributed by atoms with van der Waals surface area (Å²) in [6, 6.07) is 7.05. The van der Waals surface area contributed by atoms with Crippen LogP contribution < -0.4 is 10.7 Å². The van der Waals surface area contributed by atoms with E-state index in [1.165, 1.54) is 28.9 Å². The molecule has 144 valence electrons. The number of carboxylic acids is 1. The summed E-state index contributed by atoms with van der Waals surface area (Å²) in [6.45, 7) is 6.70. The van der Waals surface area contributed by atoms with Crippen LogP contribution in [-0.2, 0) is 4.79 Å². The molecule has 0 spiro atoms. The quantitative estimate of drug-likeness (QED) is 0.807. The van der Waals surface area contributed by atoms with E-state index in [9.17, 15) is 18.8 Å². The van der Waals surface area contributed by atoms with Crippen LogP contribution in [0.4, 0.5) is 4.39 Å². The van der Waals surface area contributed by atoms with Gasteiger partial charge in [0.05, 0.1) is 12.0 Å². The predicted molar refractivity (Wildman–Crippen MR) is 97.5 cm³/mol. The lowest BCUT2D eigenvalue weighted by molar-refractivity contribution is -0.138. The van der Waals surface area contributed by atoms with Crippen molar-refractivity contribution in [1.29, 1.82) is 0 Å². The molecule has 8 heteroatoms. The van der Waals surface area contributed by atoms with Crippen molar-refractivity contribution in [1.82, 2.24) is 15.1 Å². The molecule has 1 heterocycles. The first-order chi connectivity index (χ1) is 12.5. The Bertz CT molecular complexity index is 939. The number of nitrogens with zero attached hydrogens (tertiary/aromatic N) is 2. The van der Waals surface area contributed by atoms with Crippen LogP contribution >= 0.6 is 0 Å². The van der Waals surface area contributed by atoms with E-state index in [2.05, 4.69) is 10.4 Å². The molecule has 0 fully saturated rings. The molecule has 2 aromatic rings. The molecule has 0 radical (unpaired) electrons. The third-order valence-corrected chi connectivity index (χ3v) is 4.59. The van der Waals surface area contributed by atoms with Crippen LogP contribution in [0, 0.1) is 18.7 Å². The number of para-hydroxylation sites is 1. The van der Waals surface area contributed by atoms with Gasteiger partial charge in [-0.3, -0.25) is 14.4 Å². The number of hydrogen-bond donors (Lipinski definition) is 2. The minimum Gasteiger partial charge on any atom is -0.481 e. The fourth-order valence-electron chi connectivity index (χ4n) is 2.60. The number of rotatable bonds is 6. The van der Waals surface area contributed by atoms with Gasteiger partial charge in [0.1, 0.15) is 11.5 Å². The number of hydrogen-bond acceptors (Lipinski definition) is 4. The van der Waals surface area contributed by atoms with Gasteiger partial charge >= 0.3 is 5.97 Å². The van der Waals surface area contributed by atoms with Gasteiger partial charge in [0.25, 0.3) is 5.91 Å². The molecule has 7 nitrogen and oxygen atoms in total. The molecule has 1 amide bonds. The SMILES string of the molecule is Cc1cc(=O)c(C(=O)NC(C)(CC(=O)O)C(C)C)nn1-c1ccccc1F. The molecule has 0 bridgehead atoms. The van der Waals surface area contributed by atoms with Crippen molar-refractivity contribution in [2.75, 3.05) is 0 Å². The van der Waals surface area contributed by atoms with Crippen molar-refractivity contribution < 1.29 is 19.1 Å². The molecule has 1 aromatic heterocycles. The normalized spacial score (nSPS) is 13.3. The number of aromatic nitrogens is 2. The highest BCUT2D eigenvalue weighted by atomic mass is 19.1. The Balaban J connectivity index is 2.48. The molecule has 1 aromatic carbocycles. The maximum atomic E-state index is 14.1. The van der Waals surface area contributed by atoms with Crippen LogP contribution in [0.1, 0.15) is 43.4 Å². The number of carboxylic acid groups (broad SMARTS) is 1. The van der Waals surface area contributed by atoms with E-state index in [4.69, 9.17) is 5.11 Å². The Morgan fingerprint density at radius 2 is 1.96 bits per heavy atom. The van der Waals surface area contributed by atoms with E-state index in [0.717, 1.165) is 0 Å². The highest BCUT2D eigenvalue weighted by Gasteiger charge is 2.34. The molecule has 1 unspecified atom stereocenters. The number of aryl methyl sites for hydroxylation is 1. The highest BCUT2D eigenvalue weighted by molar-refractivity contribution is 5.93. The van der Waals surface area contributed by atoms with E-state index in [1.54, 1.807) is 33.8 Å². The summed E-state index contributed by atoms with van der Waals surface area (Å²) in [5.74, 6) is -2.65. The number of benzene rings is 1. The van der Waals surface area contributed by atoms with Gasteiger partial charge in [0.2, 0.25) is 5.43 Å². The van der Waals surface area contributed by atoms with E-state index in [0.29, 0.717) is 5.69 Å². The molecule has 0 aliphatic carbocycles. The van der Waals surface area contributed by atoms with E-state index < -0.39 is 34.4 Å². The lowest BCUT2D eigenvalue weighted by atomic mass is 9.85. The van der Waals surface area contributed by atoms with Gasteiger partial charge in [-0.1, -0.05) is 26.0 Å².